The molecule has 0 amide bonds. The normalized spacial score (nSPS) is 31.7. The van der Waals surface area contributed by atoms with Crippen LogP contribution in [0.4, 0.5) is 0 Å². The first kappa shape index (κ1) is 10.4. The standard InChI is InChI=1S/C12H24N2/c1-14-9-2-4-11(14)10-12(7-8-13)5-3-6-12/h11H,2-10,13H2,1H3. The van der Waals surface area contributed by atoms with Gasteiger partial charge in [-0.1, -0.05) is 6.42 Å². The fraction of sp³-hybridized carbons (Fsp3) is 1.00. The lowest BCUT2D eigenvalue weighted by Crippen LogP contribution is -2.39. The fourth-order valence-corrected chi connectivity index (χ4v) is 3.28. The van der Waals surface area contributed by atoms with Gasteiger partial charge in [0.1, 0.15) is 0 Å². The van der Waals surface area contributed by atoms with Crippen molar-refractivity contribution in [2.75, 3.05) is 20.1 Å². The maximum Gasteiger partial charge on any atom is 0.00979 e. The number of rotatable bonds is 4. The predicted octanol–water partition coefficient (Wildman–Crippen LogP) is 1.99. The van der Waals surface area contributed by atoms with Crippen LogP contribution in [0.3, 0.4) is 0 Å². The third-order valence-corrected chi connectivity index (χ3v) is 4.43. The molecule has 2 aliphatic rings. The fourth-order valence-electron chi connectivity index (χ4n) is 3.28. The lowest BCUT2D eigenvalue weighted by Gasteiger charge is -2.44. The zero-order valence-corrected chi connectivity index (χ0v) is 9.47. The van der Waals surface area contributed by atoms with E-state index < -0.39 is 0 Å². The molecule has 82 valence electrons. The first-order valence-electron chi connectivity index (χ1n) is 6.16. The molecule has 2 heteroatoms. The van der Waals surface area contributed by atoms with Gasteiger partial charge in [-0.25, -0.2) is 0 Å². The molecule has 1 aliphatic heterocycles. The minimum Gasteiger partial charge on any atom is -0.330 e. The molecule has 2 nitrogen and oxygen atoms in total. The van der Waals surface area contributed by atoms with Crippen molar-refractivity contribution in [2.45, 2.75) is 51.0 Å². The molecule has 2 fully saturated rings. The quantitative estimate of drug-likeness (QED) is 0.745. The Bertz CT molecular complexity index is 187. The molecule has 2 N–H and O–H groups in total. The maximum absolute atomic E-state index is 5.72. The van der Waals surface area contributed by atoms with E-state index in [1.807, 2.05) is 0 Å². The second kappa shape index (κ2) is 4.19. The van der Waals surface area contributed by atoms with E-state index in [-0.39, 0.29) is 0 Å². The Balaban J connectivity index is 1.87. The van der Waals surface area contributed by atoms with E-state index in [0.29, 0.717) is 5.41 Å². The van der Waals surface area contributed by atoms with E-state index >= 15 is 0 Å². The largest absolute Gasteiger partial charge is 0.330 e. The van der Waals surface area contributed by atoms with Gasteiger partial charge < -0.3 is 10.6 Å². The lowest BCUT2D eigenvalue weighted by atomic mass is 9.63. The van der Waals surface area contributed by atoms with Gasteiger partial charge in [0.25, 0.3) is 0 Å². The molecular weight excluding hydrogens is 172 g/mol. The highest BCUT2D eigenvalue weighted by atomic mass is 15.1. The number of hydrogen-bond donors (Lipinski definition) is 1. The molecule has 0 bridgehead atoms. The summed E-state index contributed by atoms with van der Waals surface area (Å²) in [4.78, 5) is 2.55. The van der Waals surface area contributed by atoms with E-state index in [1.165, 1.54) is 51.5 Å². The van der Waals surface area contributed by atoms with Gasteiger partial charge in [-0.3, -0.25) is 0 Å². The molecule has 1 heterocycles. The van der Waals surface area contributed by atoms with Gasteiger partial charge in [0, 0.05) is 6.04 Å². The van der Waals surface area contributed by atoms with Crippen LogP contribution in [0.5, 0.6) is 0 Å². The number of hydrogen-bond acceptors (Lipinski definition) is 2. The van der Waals surface area contributed by atoms with Crippen molar-refractivity contribution in [3.05, 3.63) is 0 Å². The molecule has 0 aromatic rings. The second-order valence-electron chi connectivity index (χ2n) is 5.37. The highest BCUT2D eigenvalue weighted by molar-refractivity contribution is 4.93. The molecule has 1 unspecified atom stereocenters. The summed E-state index contributed by atoms with van der Waals surface area (Å²) in [7, 11) is 2.28. The summed E-state index contributed by atoms with van der Waals surface area (Å²) in [6.45, 7) is 2.19. The lowest BCUT2D eigenvalue weighted by molar-refractivity contribution is 0.0746. The Hall–Kier alpha value is -0.0800. The summed E-state index contributed by atoms with van der Waals surface area (Å²) in [6, 6.07) is 0.863. The van der Waals surface area contributed by atoms with Crippen LogP contribution in [0.1, 0.15) is 44.9 Å². The second-order valence-corrected chi connectivity index (χ2v) is 5.37. The first-order chi connectivity index (χ1) is 6.76. The number of nitrogens with zero attached hydrogens (tertiary/aromatic N) is 1. The minimum absolute atomic E-state index is 0.651. The van der Waals surface area contributed by atoms with Crippen molar-refractivity contribution in [1.82, 2.24) is 4.90 Å². The van der Waals surface area contributed by atoms with Crippen LogP contribution in [0, 0.1) is 5.41 Å². The third kappa shape index (κ3) is 1.96. The molecule has 0 aromatic heterocycles. The molecule has 1 saturated heterocycles. The summed E-state index contributed by atoms with van der Waals surface area (Å²) in [5, 5.41) is 0. The van der Waals surface area contributed by atoms with Gasteiger partial charge in [-0.2, -0.15) is 0 Å². The first-order valence-corrected chi connectivity index (χ1v) is 6.16. The van der Waals surface area contributed by atoms with E-state index in [9.17, 15) is 0 Å². The maximum atomic E-state index is 5.72. The summed E-state index contributed by atoms with van der Waals surface area (Å²) in [5.41, 5.74) is 6.37. The highest BCUT2D eigenvalue weighted by Crippen LogP contribution is 2.48. The summed E-state index contributed by atoms with van der Waals surface area (Å²) >= 11 is 0. The zero-order valence-electron chi connectivity index (χ0n) is 9.47. The van der Waals surface area contributed by atoms with Crippen molar-refractivity contribution >= 4 is 0 Å². The molecule has 0 aromatic carbocycles. The van der Waals surface area contributed by atoms with Crippen molar-refractivity contribution in [1.29, 1.82) is 0 Å². The van der Waals surface area contributed by atoms with E-state index in [4.69, 9.17) is 5.73 Å². The molecule has 1 saturated carbocycles. The average molecular weight is 196 g/mol. The molecule has 0 spiro atoms. The van der Waals surface area contributed by atoms with Gasteiger partial charge in [-0.05, 0) is 64.1 Å². The summed E-state index contributed by atoms with van der Waals surface area (Å²) in [5.74, 6) is 0. The Kier molecular flexibility index (Phi) is 3.13. The topological polar surface area (TPSA) is 29.3 Å². The Morgan fingerprint density at radius 3 is 2.57 bits per heavy atom. The van der Waals surface area contributed by atoms with Gasteiger partial charge >= 0.3 is 0 Å². The predicted molar refractivity (Wildman–Crippen MR) is 60.2 cm³/mol. The van der Waals surface area contributed by atoms with Crippen LogP contribution < -0.4 is 5.73 Å². The average Bonchev–Trinajstić information content (AvgIpc) is 2.48. The molecule has 1 atom stereocenters. The van der Waals surface area contributed by atoms with Crippen LogP contribution in [0.15, 0.2) is 0 Å². The van der Waals surface area contributed by atoms with E-state index in [0.717, 1.165) is 12.6 Å². The van der Waals surface area contributed by atoms with E-state index in [2.05, 4.69) is 11.9 Å². The van der Waals surface area contributed by atoms with Crippen molar-refractivity contribution < 1.29 is 0 Å². The molecule has 0 radical (unpaired) electrons. The molecule has 1 aliphatic carbocycles. The smallest absolute Gasteiger partial charge is 0.00979 e. The number of likely N-dealkylation sites (tertiary alicyclic amines) is 1. The number of nitrogens with two attached hydrogens (primary N) is 1. The Labute approximate surface area is 87.8 Å². The van der Waals surface area contributed by atoms with Crippen molar-refractivity contribution in [2.24, 2.45) is 11.1 Å². The third-order valence-electron chi connectivity index (χ3n) is 4.43. The van der Waals surface area contributed by atoms with Gasteiger partial charge in [-0.15, -0.1) is 0 Å². The SMILES string of the molecule is CN1CCCC1CC1(CCN)CCC1. The van der Waals surface area contributed by atoms with Crippen LogP contribution >= 0.6 is 0 Å². The van der Waals surface area contributed by atoms with E-state index in [1.54, 1.807) is 0 Å². The molecule has 14 heavy (non-hydrogen) atoms. The van der Waals surface area contributed by atoms with Crippen LogP contribution in [-0.2, 0) is 0 Å². The summed E-state index contributed by atoms with van der Waals surface area (Å²) < 4.78 is 0. The van der Waals surface area contributed by atoms with Gasteiger partial charge in [0.15, 0.2) is 0 Å². The van der Waals surface area contributed by atoms with Crippen LogP contribution in [-0.4, -0.2) is 31.1 Å². The Morgan fingerprint density at radius 1 is 1.36 bits per heavy atom. The Morgan fingerprint density at radius 2 is 2.14 bits per heavy atom. The minimum atomic E-state index is 0.651. The zero-order chi connectivity index (χ0) is 10.0. The van der Waals surface area contributed by atoms with Crippen molar-refractivity contribution in [3.63, 3.8) is 0 Å². The van der Waals surface area contributed by atoms with Crippen LogP contribution in [0.2, 0.25) is 0 Å². The van der Waals surface area contributed by atoms with Crippen molar-refractivity contribution in [3.8, 4) is 0 Å². The highest BCUT2D eigenvalue weighted by Gasteiger charge is 2.39. The van der Waals surface area contributed by atoms with Gasteiger partial charge in [0.2, 0.25) is 0 Å². The molecular formula is C12H24N2. The van der Waals surface area contributed by atoms with Gasteiger partial charge in [0.05, 0.1) is 0 Å². The monoisotopic (exact) mass is 196 g/mol. The van der Waals surface area contributed by atoms with Crippen LogP contribution in [0.25, 0.3) is 0 Å². The summed E-state index contributed by atoms with van der Waals surface area (Å²) in [6.07, 6.45) is 9.82. The molecule has 2 rings (SSSR count).